The number of anilines is 1. The average Bonchev–Trinajstić information content (AvgIpc) is 2.76. The lowest BCUT2D eigenvalue weighted by molar-refractivity contribution is 0.606. The van der Waals surface area contributed by atoms with E-state index in [-0.39, 0.29) is 0 Å². The fraction of sp³-hybridized carbons (Fsp3) is 0.636. The van der Waals surface area contributed by atoms with E-state index in [2.05, 4.69) is 25.4 Å². The highest BCUT2D eigenvalue weighted by Crippen LogP contribution is 2.24. The second-order valence-corrected chi connectivity index (χ2v) is 4.87. The number of fused-ring (bicyclic) bond motifs is 1. The van der Waals surface area contributed by atoms with E-state index >= 15 is 0 Å². The van der Waals surface area contributed by atoms with Gasteiger partial charge in [-0.1, -0.05) is 12.8 Å². The third kappa shape index (κ3) is 2.01. The SMILES string of the molecule is ClCC1CCCCCN1c1cncc2nnnn12. The van der Waals surface area contributed by atoms with Crippen molar-refractivity contribution in [3.8, 4) is 0 Å². The molecular weight excluding hydrogens is 252 g/mol. The molecule has 3 heterocycles. The zero-order chi connectivity index (χ0) is 12.4. The Balaban J connectivity index is 2.02. The molecule has 0 N–H and O–H groups in total. The molecular formula is C11H15ClN6. The minimum atomic E-state index is 0.339. The van der Waals surface area contributed by atoms with Crippen molar-refractivity contribution in [3.05, 3.63) is 12.4 Å². The first kappa shape index (κ1) is 11.6. The lowest BCUT2D eigenvalue weighted by Gasteiger charge is -2.29. The average molecular weight is 267 g/mol. The van der Waals surface area contributed by atoms with Crippen LogP contribution in [0.2, 0.25) is 0 Å². The Bertz CT molecular complexity index is 527. The lowest BCUT2D eigenvalue weighted by atomic mass is 10.1. The summed E-state index contributed by atoms with van der Waals surface area (Å²) in [7, 11) is 0. The number of hydrogen-bond donors (Lipinski definition) is 0. The number of hydrogen-bond acceptors (Lipinski definition) is 5. The quantitative estimate of drug-likeness (QED) is 0.771. The zero-order valence-corrected chi connectivity index (χ0v) is 10.8. The van der Waals surface area contributed by atoms with E-state index in [9.17, 15) is 0 Å². The van der Waals surface area contributed by atoms with E-state index in [0.717, 1.165) is 18.8 Å². The number of tetrazole rings is 1. The molecule has 0 spiro atoms. The van der Waals surface area contributed by atoms with Crippen molar-refractivity contribution in [2.45, 2.75) is 31.7 Å². The molecule has 7 heteroatoms. The van der Waals surface area contributed by atoms with Crippen molar-refractivity contribution in [2.75, 3.05) is 17.3 Å². The molecule has 18 heavy (non-hydrogen) atoms. The van der Waals surface area contributed by atoms with Crippen molar-refractivity contribution in [3.63, 3.8) is 0 Å². The van der Waals surface area contributed by atoms with Crippen molar-refractivity contribution < 1.29 is 0 Å². The van der Waals surface area contributed by atoms with Crippen LogP contribution in [-0.2, 0) is 0 Å². The Morgan fingerprint density at radius 2 is 2.22 bits per heavy atom. The summed E-state index contributed by atoms with van der Waals surface area (Å²) in [6, 6.07) is 0.339. The highest BCUT2D eigenvalue weighted by atomic mass is 35.5. The zero-order valence-electron chi connectivity index (χ0n) is 10.0. The van der Waals surface area contributed by atoms with E-state index < -0.39 is 0 Å². The summed E-state index contributed by atoms with van der Waals surface area (Å²) < 4.78 is 1.73. The number of rotatable bonds is 2. The molecule has 2 aromatic rings. The maximum atomic E-state index is 6.10. The number of nitrogens with zero attached hydrogens (tertiary/aromatic N) is 6. The van der Waals surface area contributed by atoms with Crippen LogP contribution in [-0.4, -0.2) is 43.5 Å². The van der Waals surface area contributed by atoms with E-state index in [0.29, 0.717) is 17.6 Å². The van der Waals surface area contributed by atoms with Gasteiger partial charge in [0.25, 0.3) is 0 Å². The number of aromatic nitrogens is 5. The van der Waals surface area contributed by atoms with Crippen LogP contribution in [0.1, 0.15) is 25.7 Å². The molecule has 1 fully saturated rings. The topological polar surface area (TPSA) is 59.2 Å². The molecule has 1 aliphatic heterocycles. The summed E-state index contributed by atoms with van der Waals surface area (Å²) in [5.41, 5.74) is 0.671. The molecule has 1 unspecified atom stereocenters. The van der Waals surface area contributed by atoms with E-state index in [1.54, 1.807) is 10.7 Å². The van der Waals surface area contributed by atoms with Gasteiger partial charge in [-0.3, -0.25) is 4.98 Å². The summed E-state index contributed by atoms with van der Waals surface area (Å²) in [5.74, 6) is 1.56. The Morgan fingerprint density at radius 1 is 1.28 bits per heavy atom. The Labute approximate surface area is 110 Å². The van der Waals surface area contributed by atoms with Gasteiger partial charge in [0.05, 0.1) is 12.4 Å². The highest BCUT2D eigenvalue weighted by Gasteiger charge is 2.23. The van der Waals surface area contributed by atoms with Gasteiger partial charge in [0, 0.05) is 18.5 Å². The minimum absolute atomic E-state index is 0.339. The monoisotopic (exact) mass is 266 g/mol. The van der Waals surface area contributed by atoms with Crippen molar-refractivity contribution in [1.82, 2.24) is 25.0 Å². The Kier molecular flexibility index (Phi) is 3.27. The summed E-state index contributed by atoms with van der Waals surface area (Å²) in [6.45, 7) is 0.984. The number of halogens is 1. The number of alkyl halides is 1. The van der Waals surface area contributed by atoms with Crippen molar-refractivity contribution >= 4 is 23.1 Å². The Morgan fingerprint density at radius 3 is 3.11 bits per heavy atom. The van der Waals surface area contributed by atoms with Crippen molar-refractivity contribution in [1.29, 1.82) is 0 Å². The van der Waals surface area contributed by atoms with Gasteiger partial charge in [-0.2, -0.15) is 4.52 Å². The first-order valence-corrected chi connectivity index (χ1v) is 6.78. The minimum Gasteiger partial charge on any atom is -0.351 e. The van der Waals surface area contributed by atoms with Crippen LogP contribution >= 0.6 is 11.6 Å². The normalized spacial score (nSPS) is 21.2. The van der Waals surface area contributed by atoms with Gasteiger partial charge in [0.2, 0.25) is 0 Å². The molecule has 96 valence electrons. The van der Waals surface area contributed by atoms with Gasteiger partial charge in [-0.05, 0) is 23.3 Å². The fourth-order valence-corrected chi connectivity index (χ4v) is 2.82. The van der Waals surface area contributed by atoms with Crippen LogP contribution in [0.3, 0.4) is 0 Å². The summed E-state index contributed by atoms with van der Waals surface area (Å²) >= 11 is 6.10. The second-order valence-electron chi connectivity index (χ2n) is 4.57. The maximum absolute atomic E-state index is 6.10. The molecule has 1 atom stereocenters. The van der Waals surface area contributed by atoms with Crippen LogP contribution in [0, 0.1) is 0 Å². The molecule has 0 amide bonds. The van der Waals surface area contributed by atoms with Crippen LogP contribution < -0.4 is 4.90 Å². The molecule has 6 nitrogen and oxygen atoms in total. The summed E-state index contributed by atoms with van der Waals surface area (Å²) in [6.07, 6.45) is 8.25. The molecule has 1 saturated heterocycles. The second kappa shape index (κ2) is 5.06. The first-order chi connectivity index (χ1) is 8.90. The molecule has 2 aromatic heterocycles. The Hall–Kier alpha value is -1.43. The predicted molar refractivity (Wildman–Crippen MR) is 68.9 cm³/mol. The molecule has 0 radical (unpaired) electrons. The fourth-order valence-electron chi connectivity index (χ4n) is 2.50. The molecule has 0 aliphatic carbocycles. The molecule has 0 bridgehead atoms. The summed E-state index contributed by atoms with van der Waals surface area (Å²) in [4.78, 5) is 6.50. The summed E-state index contributed by atoms with van der Waals surface area (Å²) in [5, 5.41) is 11.6. The molecule has 1 aliphatic rings. The van der Waals surface area contributed by atoms with E-state index in [4.69, 9.17) is 11.6 Å². The van der Waals surface area contributed by atoms with Gasteiger partial charge in [0.1, 0.15) is 0 Å². The third-order valence-electron chi connectivity index (χ3n) is 3.44. The predicted octanol–water partition coefficient (Wildman–Crippen LogP) is 1.51. The van der Waals surface area contributed by atoms with E-state index in [1.165, 1.54) is 19.3 Å². The third-order valence-corrected chi connectivity index (χ3v) is 3.80. The smallest absolute Gasteiger partial charge is 0.199 e. The lowest BCUT2D eigenvalue weighted by Crippen LogP contribution is -2.37. The van der Waals surface area contributed by atoms with Gasteiger partial charge in [0.15, 0.2) is 11.5 Å². The van der Waals surface area contributed by atoms with Gasteiger partial charge < -0.3 is 4.90 Å². The van der Waals surface area contributed by atoms with Crippen molar-refractivity contribution in [2.24, 2.45) is 0 Å². The highest BCUT2D eigenvalue weighted by molar-refractivity contribution is 6.18. The van der Waals surface area contributed by atoms with Crippen LogP contribution in [0.4, 0.5) is 5.82 Å². The van der Waals surface area contributed by atoms with E-state index in [1.807, 2.05) is 6.20 Å². The van der Waals surface area contributed by atoms with Gasteiger partial charge in [-0.15, -0.1) is 16.7 Å². The largest absolute Gasteiger partial charge is 0.351 e. The molecule has 0 saturated carbocycles. The van der Waals surface area contributed by atoms with Crippen LogP contribution in [0.15, 0.2) is 12.4 Å². The van der Waals surface area contributed by atoms with Gasteiger partial charge >= 0.3 is 0 Å². The molecule has 0 aromatic carbocycles. The van der Waals surface area contributed by atoms with Crippen LogP contribution in [0.25, 0.3) is 5.65 Å². The maximum Gasteiger partial charge on any atom is 0.199 e. The first-order valence-electron chi connectivity index (χ1n) is 6.25. The van der Waals surface area contributed by atoms with Gasteiger partial charge in [-0.25, -0.2) is 0 Å². The van der Waals surface area contributed by atoms with Crippen LogP contribution in [0.5, 0.6) is 0 Å². The molecule has 3 rings (SSSR count). The standard InChI is InChI=1S/C11H15ClN6/c12-6-9-4-2-1-3-5-17(9)11-8-13-7-10-14-15-16-18(10)11/h7-9H,1-6H2.